The third kappa shape index (κ3) is 3.94. The Morgan fingerprint density at radius 2 is 1.87 bits per heavy atom. The number of likely N-dealkylation sites (tertiary alicyclic amines) is 1. The van der Waals surface area contributed by atoms with Crippen LogP contribution in [0.15, 0.2) is 79.4 Å². The largest absolute Gasteiger partial charge is 0.330 e. The van der Waals surface area contributed by atoms with Gasteiger partial charge < -0.3 is 4.90 Å². The van der Waals surface area contributed by atoms with Crippen LogP contribution in [0.25, 0.3) is 11.5 Å². The molecule has 5 rings (SSSR count). The number of hydrogen-bond acceptors (Lipinski definition) is 5. The number of aromatic nitrogens is 5. The molecule has 154 valence electrons. The van der Waals surface area contributed by atoms with E-state index in [9.17, 15) is 4.79 Å². The first-order valence-electron chi connectivity index (χ1n) is 10.4. The molecule has 0 saturated carbocycles. The zero-order valence-electron chi connectivity index (χ0n) is 17.0. The Morgan fingerprint density at radius 1 is 0.968 bits per heavy atom. The van der Waals surface area contributed by atoms with Gasteiger partial charge in [-0.05, 0) is 48.7 Å². The van der Waals surface area contributed by atoms with E-state index in [1.165, 1.54) is 0 Å². The maximum Gasteiger partial charge on any atom is 0.254 e. The molecule has 0 bridgehead atoms. The monoisotopic (exact) mass is 410 g/mol. The molecule has 0 radical (unpaired) electrons. The van der Waals surface area contributed by atoms with Gasteiger partial charge >= 0.3 is 0 Å². The molecule has 1 fully saturated rings. The summed E-state index contributed by atoms with van der Waals surface area (Å²) in [5, 5.41) is 4.28. The van der Waals surface area contributed by atoms with E-state index in [0.29, 0.717) is 24.5 Å². The molecular weight excluding hydrogens is 388 g/mol. The molecule has 0 spiro atoms. The lowest BCUT2D eigenvalue weighted by atomic mass is 10.0. The van der Waals surface area contributed by atoms with E-state index < -0.39 is 0 Å². The van der Waals surface area contributed by atoms with Crippen molar-refractivity contribution in [3.05, 3.63) is 96.2 Å². The molecule has 1 aromatic carbocycles. The number of amides is 1. The second-order valence-electron chi connectivity index (χ2n) is 7.54. The highest BCUT2D eigenvalue weighted by molar-refractivity contribution is 5.96. The zero-order valence-corrected chi connectivity index (χ0v) is 17.0. The van der Waals surface area contributed by atoms with Gasteiger partial charge in [0.25, 0.3) is 5.91 Å². The first-order valence-corrected chi connectivity index (χ1v) is 10.4. The summed E-state index contributed by atoms with van der Waals surface area (Å²) >= 11 is 0. The summed E-state index contributed by atoms with van der Waals surface area (Å²) in [6, 6.07) is 17.1. The normalized spacial score (nSPS) is 15.9. The molecule has 4 aromatic rings. The van der Waals surface area contributed by atoms with Crippen molar-refractivity contribution in [2.75, 3.05) is 6.54 Å². The second kappa shape index (κ2) is 8.47. The summed E-state index contributed by atoms with van der Waals surface area (Å²) in [5.74, 6) is 0.611. The van der Waals surface area contributed by atoms with Crippen LogP contribution in [0, 0.1) is 0 Å². The van der Waals surface area contributed by atoms with Gasteiger partial charge in [0.2, 0.25) is 0 Å². The lowest BCUT2D eigenvalue weighted by Crippen LogP contribution is -2.32. The molecule has 1 atom stereocenters. The predicted octanol–water partition coefficient (Wildman–Crippen LogP) is 3.76. The molecule has 1 amide bonds. The first-order chi connectivity index (χ1) is 15.3. The van der Waals surface area contributed by atoms with Crippen molar-refractivity contribution in [3.8, 4) is 11.5 Å². The van der Waals surface area contributed by atoms with Crippen molar-refractivity contribution in [2.45, 2.75) is 25.4 Å². The van der Waals surface area contributed by atoms with Gasteiger partial charge in [0.1, 0.15) is 5.69 Å². The average Bonchev–Trinajstić information content (AvgIpc) is 3.52. The number of pyridine rings is 1. The van der Waals surface area contributed by atoms with E-state index in [2.05, 4.69) is 15.1 Å². The van der Waals surface area contributed by atoms with Crippen LogP contribution >= 0.6 is 0 Å². The minimum absolute atomic E-state index is 0.0308. The van der Waals surface area contributed by atoms with Crippen molar-refractivity contribution in [1.82, 2.24) is 29.6 Å². The minimum Gasteiger partial charge on any atom is -0.330 e. The van der Waals surface area contributed by atoms with Crippen LogP contribution in [-0.2, 0) is 6.54 Å². The predicted molar refractivity (Wildman–Crippen MR) is 116 cm³/mol. The quantitative estimate of drug-likeness (QED) is 0.501. The smallest absolute Gasteiger partial charge is 0.254 e. The van der Waals surface area contributed by atoms with Gasteiger partial charge in [-0.1, -0.05) is 24.3 Å². The standard InChI is InChI=1S/C24H22N6O/c31-24(19-8-2-1-7-18(19)17-29-15-6-13-27-29)30-16-5-10-22(30)20-11-14-26-23(28-20)21-9-3-4-12-25-21/h1-4,6-9,11-15,22H,5,10,16-17H2. The Morgan fingerprint density at radius 3 is 2.71 bits per heavy atom. The van der Waals surface area contributed by atoms with E-state index in [4.69, 9.17) is 4.98 Å². The highest BCUT2D eigenvalue weighted by atomic mass is 16.2. The molecule has 4 heterocycles. The number of hydrogen-bond donors (Lipinski definition) is 0. The Hall–Kier alpha value is -3.87. The topological polar surface area (TPSA) is 76.8 Å². The molecule has 3 aromatic heterocycles. The number of benzene rings is 1. The highest BCUT2D eigenvalue weighted by Gasteiger charge is 2.32. The van der Waals surface area contributed by atoms with Crippen molar-refractivity contribution >= 4 is 5.91 Å². The number of carbonyl (C=O) groups excluding carboxylic acids is 1. The van der Waals surface area contributed by atoms with E-state index >= 15 is 0 Å². The van der Waals surface area contributed by atoms with Crippen molar-refractivity contribution in [2.24, 2.45) is 0 Å². The van der Waals surface area contributed by atoms with Gasteiger partial charge in [0.15, 0.2) is 5.82 Å². The first kappa shape index (κ1) is 19.1. The van der Waals surface area contributed by atoms with E-state index in [1.807, 2.05) is 70.4 Å². The summed E-state index contributed by atoms with van der Waals surface area (Å²) in [6.45, 7) is 1.27. The van der Waals surface area contributed by atoms with Crippen LogP contribution in [0.1, 0.15) is 40.5 Å². The van der Waals surface area contributed by atoms with Crippen LogP contribution in [0.5, 0.6) is 0 Å². The van der Waals surface area contributed by atoms with Crippen LogP contribution in [0.3, 0.4) is 0 Å². The molecule has 1 aliphatic heterocycles. The van der Waals surface area contributed by atoms with Gasteiger partial charge in [-0.25, -0.2) is 9.97 Å². The molecule has 1 aliphatic rings. The summed E-state index contributed by atoms with van der Waals surface area (Å²) in [6.07, 6.45) is 8.95. The van der Waals surface area contributed by atoms with Crippen LogP contribution < -0.4 is 0 Å². The van der Waals surface area contributed by atoms with Gasteiger partial charge in [0.05, 0.1) is 18.3 Å². The number of rotatable bonds is 5. The van der Waals surface area contributed by atoms with Gasteiger partial charge in [-0.15, -0.1) is 0 Å². The van der Waals surface area contributed by atoms with Gasteiger partial charge in [0, 0.05) is 36.9 Å². The van der Waals surface area contributed by atoms with Gasteiger partial charge in [-0.3, -0.25) is 14.5 Å². The Bertz CT molecular complexity index is 1180. The summed E-state index contributed by atoms with van der Waals surface area (Å²) in [4.78, 5) is 29.0. The minimum atomic E-state index is -0.0734. The number of nitrogens with zero attached hydrogens (tertiary/aromatic N) is 6. The molecule has 1 saturated heterocycles. The summed E-state index contributed by atoms with van der Waals surface area (Å²) in [5.41, 5.74) is 3.25. The third-order valence-corrected chi connectivity index (χ3v) is 5.57. The van der Waals surface area contributed by atoms with Crippen LogP contribution in [0.2, 0.25) is 0 Å². The highest BCUT2D eigenvalue weighted by Crippen LogP contribution is 2.33. The molecule has 0 aliphatic carbocycles. The summed E-state index contributed by atoms with van der Waals surface area (Å²) < 4.78 is 1.83. The van der Waals surface area contributed by atoms with Crippen molar-refractivity contribution in [1.29, 1.82) is 0 Å². The van der Waals surface area contributed by atoms with Crippen LogP contribution in [0.4, 0.5) is 0 Å². The second-order valence-corrected chi connectivity index (χ2v) is 7.54. The maximum absolute atomic E-state index is 13.6. The fourth-order valence-electron chi connectivity index (χ4n) is 4.08. The molecule has 0 N–H and O–H groups in total. The van der Waals surface area contributed by atoms with Gasteiger partial charge in [-0.2, -0.15) is 5.10 Å². The molecule has 7 heteroatoms. The van der Waals surface area contributed by atoms with Crippen molar-refractivity contribution < 1.29 is 4.79 Å². The molecule has 1 unspecified atom stereocenters. The van der Waals surface area contributed by atoms with E-state index in [-0.39, 0.29) is 11.9 Å². The van der Waals surface area contributed by atoms with E-state index in [1.54, 1.807) is 18.6 Å². The van der Waals surface area contributed by atoms with Crippen LogP contribution in [-0.4, -0.2) is 42.1 Å². The Balaban J connectivity index is 1.43. The molecule has 7 nitrogen and oxygen atoms in total. The summed E-state index contributed by atoms with van der Waals surface area (Å²) in [7, 11) is 0. The fourth-order valence-corrected chi connectivity index (χ4v) is 4.08. The lowest BCUT2D eigenvalue weighted by Gasteiger charge is -2.25. The third-order valence-electron chi connectivity index (χ3n) is 5.57. The Kier molecular flexibility index (Phi) is 5.22. The SMILES string of the molecule is O=C(c1ccccc1Cn1cccn1)N1CCCC1c1ccnc(-c2ccccn2)n1. The lowest BCUT2D eigenvalue weighted by molar-refractivity contribution is 0.0731. The molecule has 31 heavy (non-hydrogen) atoms. The zero-order chi connectivity index (χ0) is 21.0. The number of carbonyl (C=O) groups is 1. The van der Waals surface area contributed by atoms with E-state index in [0.717, 1.165) is 29.8 Å². The average molecular weight is 410 g/mol. The van der Waals surface area contributed by atoms with Crippen molar-refractivity contribution in [3.63, 3.8) is 0 Å². The molecular formula is C24H22N6O. The maximum atomic E-state index is 13.6. The fraction of sp³-hybridized carbons (Fsp3) is 0.208. The Labute approximate surface area is 180 Å².